The Morgan fingerprint density at radius 1 is 0.879 bits per heavy atom. The molecule has 2 amide bonds. The van der Waals surface area contributed by atoms with E-state index in [9.17, 15) is 14.4 Å². The van der Waals surface area contributed by atoms with Crippen LogP contribution >= 0.6 is 0 Å². The number of nitrogens with zero attached hydrogens (tertiary/aromatic N) is 1. The molecule has 172 valence electrons. The van der Waals surface area contributed by atoms with Gasteiger partial charge < -0.3 is 15.2 Å². The Balaban J connectivity index is 1.85. The van der Waals surface area contributed by atoms with Crippen LogP contribution in [0, 0.1) is 0 Å². The van der Waals surface area contributed by atoms with Gasteiger partial charge in [0, 0.05) is 32.0 Å². The number of hydrogen-bond acceptors (Lipinski definition) is 3. The predicted molar refractivity (Wildman–Crippen MR) is 131 cm³/mol. The van der Waals surface area contributed by atoms with Crippen LogP contribution in [0.4, 0.5) is 0 Å². The molecule has 3 rings (SSSR count). The maximum Gasteiger partial charge on any atom is 0.256 e. The van der Waals surface area contributed by atoms with Gasteiger partial charge in [-0.25, -0.2) is 0 Å². The molecule has 2 N–H and O–H groups in total. The highest BCUT2D eigenvalue weighted by atomic mass is 16.2. The van der Waals surface area contributed by atoms with Crippen molar-refractivity contribution in [2.45, 2.75) is 39.2 Å². The summed E-state index contributed by atoms with van der Waals surface area (Å²) in [6, 6.07) is 19.6. The Bertz CT molecular complexity index is 1120. The minimum atomic E-state index is -0.557. The van der Waals surface area contributed by atoms with Crippen molar-refractivity contribution in [2.24, 2.45) is 0 Å². The Labute approximate surface area is 194 Å². The SMILES string of the molecule is CCCCNC(=O)c1cn(Cc2ccccc2)cc(C(=O)NCC(C)c2ccccc2)c1=O. The summed E-state index contributed by atoms with van der Waals surface area (Å²) in [6.45, 7) is 5.35. The van der Waals surface area contributed by atoms with Gasteiger partial charge in [-0.1, -0.05) is 80.9 Å². The fraction of sp³-hybridized carbons (Fsp3) is 0.296. The first-order valence-corrected chi connectivity index (χ1v) is 11.4. The minimum Gasteiger partial charge on any atom is -0.352 e. The third-order valence-corrected chi connectivity index (χ3v) is 5.53. The van der Waals surface area contributed by atoms with Crippen molar-refractivity contribution in [3.05, 3.63) is 106 Å². The van der Waals surface area contributed by atoms with Gasteiger partial charge in [0.15, 0.2) is 0 Å². The van der Waals surface area contributed by atoms with Crippen molar-refractivity contribution in [2.75, 3.05) is 13.1 Å². The van der Waals surface area contributed by atoms with E-state index in [0.29, 0.717) is 19.6 Å². The fourth-order valence-corrected chi connectivity index (χ4v) is 3.55. The molecule has 6 heteroatoms. The lowest BCUT2D eigenvalue weighted by Crippen LogP contribution is -2.36. The zero-order valence-electron chi connectivity index (χ0n) is 19.2. The number of unbranched alkanes of at least 4 members (excludes halogenated alkanes) is 1. The first-order chi connectivity index (χ1) is 16.0. The zero-order chi connectivity index (χ0) is 23.6. The van der Waals surface area contributed by atoms with E-state index < -0.39 is 17.2 Å². The second-order valence-corrected chi connectivity index (χ2v) is 8.20. The van der Waals surface area contributed by atoms with Gasteiger partial charge in [0.25, 0.3) is 11.8 Å². The van der Waals surface area contributed by atoms with Crippen molar-refractivity contribution in [3.8, 4) is 0 Å². The highest BCUT2D eigenvalue weighted by Crippen LogP contribution is 2.13. The summed E-state index contributed by atoms with van der Waals surface area (Å²) in [4.78, 5) is 38.8. The zero-order valence-corrected chi connectivity index (χ0v) is 19.2. The fourth-order valence-electron chi connectivity index (χ4n) is 3.55. The molecule has 6 nitrogen and oxygen atoms in total. The number of carbonyl (C=O) groups excluding carboxylic acids is 2. The molecule has 1 heterocycles. The molecule has 0 saturated heterocycles. The highest BCUT2D eigenvalue weighted by Gasteiger charge is 2.20. The number of nitrogens with one attached hydrogen (secondary N) is 2. The summed E-state index contributed by atoms with van der Waals surface area (Å²) in [5.74, 6) is -0.849. The van der Waals surface area contributed by atoms with Crippen molar-refractivity contribution in [1.29, 1.82) is 0 Å². The van der Waals surface area contributed by atoms with Crippen LogP contribution in [0.15, 0.2) is 77.9 Å². The smallest absolute Gasteiger partial charge is 0.256 e. The lowest BCUT2D eigenvalue weighted by atomic mass is 10.0. The molecule has 1 atom stereocenters. The predicted octanol–water partition coefficient (Wildman–Crippen LogP) is 3.96. The molecule has 3 aromatic rings. The molecule has 0 saturated carbocycles. The number of aromatic nitrogens is 1. The van der Waals surface area contributed by atoms with Crippen LogP contribution in [0.5, 0.6) is 0 Å². The van der Waals surface area contributed by atoms with E-state index in [0.717, 1.165) is 24.0 Å². The van der Waals surface area contributed by atoms with Crippen LogP contribution in [0.2, 0.25) is 0 Å². The van der Waals surface area contributed by atoms with Gasteiger partial charge in [-0.15, -0.1) is 0 Å². The number of hydrogen-bond donors (Lipinski definition) is 2. The molecule has 0 aliphatic heterocycles. The molecule has 0 spiro atoms. The Morgan fingerprint density at radius 2 is 1.45 bits per heavy atom. The Hall–Kier alpha value is -3.67. The highest BCUT2D eigenvalue weighted by molar-refractivity contribution is 5.99. The standard InChI is InChI=1S/C27H31N3O3/c1-3-4-15-28-26(32)23-18-30(17-21-11-7-5-8-12-21)19-24(25(23)31)27(33)29-16-20(2)22-13-9-6-10-14-22/h5-14,18-20H,3-4,15-17H2,1-2H3,(H,28,32)(H,29,33). The molecule has 1 aromatic heterocycles. The topological polar surface area (TPSA) is 80.2 Å². The number of benzene rings is 2. The van der Waals surface area contributed by atoms with Crippen LogP contribution in [-0.2, 0) is 6.54 Å². The molecule has 1 unspecified atom stereocenters. The molecule has 2 aromatic carbocycles. The van der Waals surface area contributed by atoms with Crippen molar-refractivity contribution in [1.82, 2.24) is 15.2 Å². The van der Waals surface area contributed by atoms with Crippen molar-refractivity contribution in [3.63, 3.8) is 0 Å². The summed E-state index contributed by atoms with van der Waals surface area (Å²) in [5.41, 5.74) is 1.49. The lowest BCUT2D eigenvalue weighted by Gasteiger charge is -2.15. The van der Waals surface area contributed by atoms with Gasteiger partial charge >= 0.3 is 0 Å². The molecule has 0 fully saturated rings. The quantitative estimate of drug-likeness (QED) is 0.464. The van der Waals surface area contributed by atoms with E-state index in [2.05, 4.69) is 10.6 Å². The van der Waals surface area contributed by atoms with Crippen LogP contribution in [-0.4, -0.2) is 29.5 Å². The second kappa shape index (κ2) is 11.8. The Morgan fingerprint density at radius 3 is 2.06 bits per heavy atom. The minimum absolute atomic E-state index is 0.0224. The summed E-state index contributed by atoms with van der Waals surface area (Å²) < 4.78 is 1.72. The summed E-state index contributed by atoms with van der Waals surface area (Å²) in [7, 11) is 0. The maximum absolute atomic E-state index is 13.1. The van der Waals surface area contributed by atoms with Crippen molar-refractivity contribution < 1.29 is 9.59 Å². The normalized spacial score (nSPS) is 11.6. The third-order valence-electron chi connectivity index (χ3n) is 5.53. The Kier molecular flexibility index (Phi) is 8.58. The van der Waals surface area contributed by atoms with E-state index in [-0.39, 0.29) is 17.0 Å². The van der Waals surface area contributed by atoms with Crippen molar-refractivity contribution >= 4 is 11.8 Å². The average molecular weight is 446 g/mol. The first-order valence-electron chi connectivity index (χ1n) is 11.4. The molecular weight excluding hydrogens is 414 g/mol. The number of rotatable bonds is 10. The molecule has 33 heavy (non-hydrogen) atoms. The molecule has 0 aliphatic carbocycles. The van der Waals surface area contributed by atoms with E-state index in [1.165, 1.54) is 12.4 Å². The summed E-state index contributed by atoms with van der Waals surface area (Å²) in [6.07, 6.45) is 4.81. The van der Waals surface area contributed by atoms with E-state index in [1.807, 2.05) is 74.5 Å². The first kappa shape index (κ1) is 24.0. The summed E-state index contributed by atoms with van der Waals surface area (Å²) in [5, 5.41) is 5.65. The molecule has 0 aliphatic rings. The van der Waals surface area contributed by atoms with Gasteiger partial charge in [-0.05, 0) is 23.5 Å². The van der Waals surface area contributed by atoms with Crippen LogP contribution in [0.1, 0.15) is 64.4 Å². The largest absolute Gasteiger partial charge is 0.352 e. The third kappa shape index (κ3) is 6.65. The number of amides is 2. The number of pyridine rings is 1. The summed E-state index contributed by atoms with van der Waals surface area (Å²) >= 11 is 0. The van der Waals surface area contributed by atoms with E-state index in [1.54, 1.807) is 4.57 Å². The van der Waals surface area contributed by atoms with Gasteiger partial charge in [-0.2, -0.15) is 0 Å². The van der Waals surface area contributed by atoms with Gasteiger partial charge in [0.05, 0.1) is 0 Å². The van der Waals surface area contributed by atoms with Gasteiger partial charge in [0.1, 0.15) is 11.1 Å². The van der Waals surface area contributed by atoms with Crippen LogP contribution in [0.3, 0.4) is 0 Å². The monoisotopic (exact) mass is 445 g/mol. The second-order valence-electron chi connectivity index (χ2n) is 8.20. The van der Waals surface area contributed by atoms with Crippen LogP contribution in [0.25, 0.3) is 0 Å². The lowest BCUT2D eigenvalue weighted by molar-refractivity contribution is 0.0949. The van der Waals surface area contributed by atoms with E-state index in [4.69, 9.17) is 0 Å². The maximum atomic E-state index is 13.1. The molecular formula is C27H31N3O3. The average Bonchev–Trinajstić information content (AvgIpc) is 2.84. The van der Waals surface area contributed by atoms with Crippen LogP contribution < -0.4 is 16.1 Å². The number of carbonyl (C=O) groups is 2. The molecule has 0 bridgehead atoms. The van der Waals surface area contributed by atoms with Gasteiger partial charge in [0.2, 0.25) is 5.43 Å². The van der Waals surface area contributed by atoms with E-state index >= 15 is 0 Å². The molecule has 0 radical (unpaired) electrons. The van der Waals surface area contributed by atoms with Gasteiger partial charge in [-0.3, -0.25) is 14.4 Å².